The summed E-state index contributed by atoms with van der Waals surface area (Å²) in [6.07, 6.45) is 2.11. The lowest BCUT2D eigenvalue weighted by atomic mass is 10.0. The van der Waals surface area contributed by atoms with Crippen LogP contribution in [0.4, 0.5) is 0 Å². The van der Waals surface area contributed by atoms with Crippen LogP contribution < -0.4 is 10.6 Å². The summed E-state index contributed by atoms with van der Waals surface area (Å²) in [6.45, 7) is 3.82. The molecule has 84 valence electrons. The average molecular weight is 211 g/mol. The van der Waals surface area contributed by atoms with Gasteiger partial charge in [0, 0.05) is 13.2 Å². The monoisotopic (exact) mass is 211 g/mol. The van der Waals surface area contributed by atoms with Crippen molar-refractivity contribution in [2.45, 2.75) is 25.4 Å². The van der Waals surface area contributed by atoms with Crippen molar-refractivity contribution in [1.82, 2.24) is 10.6 Å². The Morgan fingerprint density at radius 3 is 3.07 bits per heavy atom. The van der Waals surface area contributed by atoms with Crippen molar-refractivity contribution in [3.05, 3.63) is 0 Å². The summed E-state index contributed by atoms with van der Waals surface area (Å²) in [5.41, 5.74) is -0.129. The number of ether oxygens (including phenoxy) is 1. The van der Waals surface area contributed by atoms with Crippen LogP contribution in [0, 0.1) is 11.3 Å². The molecule has 1 amide bonds. The maximum absolute atomic E-state index is 11.1. The summed E-state index contributed by atoms with van der Waals surface area (Å²) in [4.78, 5) is 11.1. The summed E-state index contributed by atoms with van der Waals surface area (Å²) in [5.74, 6) is -0.154. The predicted molar refractivity (Wildman–Crippen MR) is 55.1 cm³/mol. The van der Waals surface area contributed by atoms with Crippen LogP contribution in [0.15, 0.2) is 0 Å². The van der Waals surface area contributed by atoms with E-state index < -0.39 is 0 Å². The van der Waals surface area contributed by atoms with E-state index in [9.17, 15) is 4.79 Å². The van der Waals surface area contributed by atoms with Crippen LogP contribution in [0.3, 0.4) is 0 Å². The Balaban J connectivity index is 2.10. The van der Waals surface area contributed by atoms with E-state index in [0.717, 1.165) is 19.4 Å². The zero-order valence-electron chi connectivity index (χ0n) is 9.01. The molecule has 0 saturated carbocycles. The maximum Gasteiger partial charge on any atom is 0.234 e. The fraction of sp³-hybridized carbons (Fsp3) is 0.800. The zero-order valence-corrected chi connectivity index (χ0v) is 9.01. The molecule has 0 aromatic heterocycles. The third kappa shape index (κ3) is 4.28. The molecular weight excluding hydrogens is 194 g/mol. The third-order valence-corrected chi connectivity index (χ3v) is 2.45. The number of hydrogen-bond donors (Lipinski definition) is 2. The number of rotatable bonds is 5. The van der Waals surface area contributed by atoms with Crippen LogP contribution in [-0.4, -0.2) is 37.7 Å². The number of nitrogens with one attached hydrogen (secondary N) is 2. The van der Waals surface area contributed by atoms with Gasteiger partial charge in [-0.3, -0.25) is 4.79 Å². The van der Waals surface area contributed by atoms with Crippen LogP contribution in [0.1, 0.15) is 19.8 Å². The van der Waals surface area contributed by atoms with Crippen LogP contribution in [-0.2, 0) is 9.53 Å². The molecule has 1 heterocycles. The van der Waals surface area contributed by atoms with E-state index >= 15 is 0 Å². The van der Waals surface area contributed by atoms with Gasteiger partial charge in [0.05, 0.1) is 18.2 Å². The Morgan fingerprint density at radius 2 is 2.47 bits per heavy atom. The van der Waals surface area contributed by atoms with Crippen molar-refractivity contribution < 1.29 is 9.53 Å². The Labute approximate surface area is 89.8 Å². The van der Waals surface area contributed by atoms with Crippen LogP contribution in [0.25, 0.3) is 0 Å². The fourth-order valence-electron chi connectivity index (χ4n) is 1.62. The molecule has 0 aromatic rings. The third-order valence-electron chi connectivity index (χ3n) is 2.45. The number of nitriles is 1. The summed E-state index contributed by atoms with van der Waals surface area (Å²) >= 11 is 0. The topological polar surface area (TPSA) is 74.2 Å². The Kier molecular flexibility index (Phi) is 4.53. The van der Waals surface area contributed by atoms with Crippen molar-refractivity contribution in [3.8, 4) is 6.07 Å². The molecular formula is C10H17N3O2. The molecule has 1 saturated heterocycles. The number of hydrogen-bond acceptors (Lipinski definition) is 4. The van der Waals surface area contributed by atoms with Crippen molar-refractivity contribution in [2.75, 3.05) is 26.2 Å². The van der Waals surface area contributed by atoms with Gasteiger partial charge in [0.15, 0.2) is 0 Å². The molecule has 1 aliphatic rings. The highest BCUT2D eigenvalue weighted by Crippen LogP contribution is 2.23. The van der Waals surface area contributed by atoms with Gasteiger partial charge < -0.3 is 15.4 Å². The van der Waals surface area contributed by atoms with E-state index in [1.807, 2.05) is 13.0 Å². The lowest BCUT2D eigenvalue weighted by Crippen LogP contribution is -2.42. The first-order valence-electron chi connectivity index (χ1n) is 5.15. The Bertz CT molecular complexity index is 254. The molecule has 2 N–H and O–H groups in total. The standard InChI is InChI=1S/C10H17N3O2/c1-10(3-2-6-15-10)8-12-7-9(14)13-5-4-11/h12H,2-3,5-8H2,1H3,(H,13,14). The number of carbonyl (C=O) groups excluding carboxylic acids is 1. The van der Waals surface area contributed by atoms with E-state index in [4.69, 9.17) is 10.00 Å². The zero-order chi connectivity index (χ0) is 11.1. The SMILES string of the molecule is CC1(CNCC(=O)NCC#N)CCCO1. The van der Waals surface area contributed by atoms with Crippen LogP contribution >= 0.6 is 0 Å². The van der Waals surface area contributed by atoms with Gasteiger partial charge in [-0.1, -0.05) is 0 Å². The van der Waals surface area contributed by atoms with Gasteiger partial charge in [-0.25, -0.2) is 0 Å². The van der Waals surface area contributed by atoms with E-state index in [2.05, 4.69) is 10.6 Å². The molecule has 0 aliphatic carbocycles. The summed E-state index contributed by atoms with van der Waals surface area (Å²) in [6, 6.07) is 1.85. The average Bonchev–Trinajstić information content (AvgIpc) is 2.62. The van der Waals surface area contributed by atoms with E-state index in [0.29, 0.717) is 6.54 Å². The molecule has 0 radical (unpaired) electrons. The first-order chi connectivity index (χ1) is 7.16. The van der Waals surface area contributed by atoms with Crippen molar-refractivity contribution >= 4 is 5.91 Å². The minimum Gasteiger partial charge on any atom is -0.374 e. The lowest BCUT2D eigenvalue weighted by Gasteiger charge is -2.23. The first-order valence-corrected chi connectivity index (χ1v) is 5.15. The maximum atomic E-state index is 11.1. The molecule has 15 heavy (non-hydrogen) atoms. The van der Waals surface area contributed by atoms with E-state index in [1.54, 1.807) is 0 Å². The molecule has 1 unspecified atom stereocenters. The second kappa shape index (κ2) is 5.69. The minimum atomic E-state index is -0.154. The highest BCUT2D eigenvalue weighted by atomic mass is 16.5. The summed E-state index contributed by atoms with van der Waals surface area (Å²) in [7, 11) is 0. The van der Waals surface area contributed by atoms with Gasteiger partial charge in [0.25, 0.3) is 0 Å². The van der Waals surface area contributed by atoms with Gasteiger partial charge in [-0.2, -0.15) is 5.26 Å². The quantitative estimate of drug-likeness (QED) is 0.617. The minimum absolute atomic E-state index is 0.0638. The van der Waals surface area contributed by atoms with Gasteiger partial charge in [-0.15, -0.1) is 0 Å². The molecule has 0 spiro atoms. The van der Waals surface area contributed by atoms with Gasteiger partial charge in [-0.05, 0) is 19.8 Å². The molecule has 5 heteroatoms. The lowest BCUT2D eigenvalue weighted by molar-refractivity contribution is -0.120. The number of nitrogens with zero attached hydrogens (tertiary/aromatic N) is 1. The normalized spacial score (nSPS) is 24.8. The molecule has 1 aliphatic heterocycles. The molecule has 1 atom stereocenters. The van der Waals surface area contributed by atoms with Gasteiger partial charge in [0.2, 0.25) is 5.91 Å². The Hall–Kier alpha value is -1.12. The molecule has 1 fully saturated rings. The molecule has 0 bridgehead atoms. The summed E-state index contributed by atoms with van der Waals surface area (Å²) in [5, 5.41) is 13.7. The van der Waals surface area contributed by atoms with Crippen molar-refractivity contribution in [1.29, 1.82) is 5.26 Å². The van der Waals surface area contributed by atoms with Crippen LogP contribution in [0.2, 0.25) is 0 Å². The predicted octanol–water partition coefficient (Wildman–Crippen LogP) is -0.215. The van der Waals surface area contributed by atoms with Gasteiger partial charge in [0.1, 0.15) is 6.54 Å². The number of carbonyl (C=O) groups is 1. The first kappa shape index (κ1) is 12.0. The molecule has 1 rings (SSSR count). The van der Waals surface area contributed by atoms with Crippen molar-refractivity contribution in [3.63, 3.8) is 0 Å². The smallest absolute Gasteiger partial charge is 0.234 e. The largest absolute Gasteiger partial charge is 0.374 e. The second-order valence-corrected chi connectivity index (χ2v) is 3.94. The molecule has 5 nitrogen and oxygen atoms in total. The highest BCUT2D eigenvalue weighted by Gasteiger charge is 2.29. The second-order valence-electron chi connectivity index (χ2n) is 3.94. The van der Waals surface area contributed by atoms with E-state index in [1.165, 1.54) is 0 Å². The number of amides is 1. The van der Waals surface area contributed by atoms with Crippen molar-refractivity contribution in [2.24, 2.45) is 0 Å². The van der Waals surface area contributed by atoms with E-state index in [-0.39, 0.29) is 24.6 Å². The fourth-order valence-corrected chi connectivity index (χ4v) is 1.62. The van der Waals surface area contributed by atoms with Gasteiger partial charge >= 0.3 is 0 Å². The summed E-state index contributed by atoms with van der Waals surface area (Å²) < 4.78 is 5.56. The van der Waals surface area contributed by atoms with Crippen LogP contribution in [0.5, 0.6) is 0 Å². The Morgan fingerprint density at radius 1 is 1.67 bits per heavy atom. The highest BCUT2D eigenvalue weighted by molar-refractivity contribution is 5.78. The molecule has 0 aromatic carbocycles.